The lowest BCUT2D eigenvalue weighted by Gasteiger charge is -2.09. The summed E-state index contributed by atoms with van der Waals surface area (Å²) in [6.45, 7) is 0.375. The minimum absolute atomic E-state index is 0.357. The Labute approximate surface area is 157 Å². The smallest absolute Gasteiger partial charge is 0.337 e. The summed E-state index contributed by atoms with van der Waals surface area (Å²) >= 11 is 0. The second kappa shape index (κ2) is 9.15. The topological polar surface area (TPSA) is 72.8 Å². The Kier molecular flexibility index (Phi) is 6.14. The molecule has 6 nitrogen and oxygen atoms in total. The Morgan fingerprint density at radius 1 is 1.07 bits per heavy atom. The van der Waals surface area contributed by atoms with E-state index < -0.39 is 0 Å². The lowest BCUT2D eigenvalue weighted by atomic mass is 10.1. The van der Waals surface area contributed by atoms with Crippen molar-refractivity contribution < 1.29 is 14.3 Å². The van der Waals surface area contributed by atoms with Crippen LogP contribution in [0.1, 0.15) is 21.5 Å². The monoisotopic (exact) mass is 361 g/mol. The standard InChI is InChI=1S/C21H19N3O3/c1-26-21(25)17-11-9-16(10-12-17)15-27-19-7-3-2-6-18(19)14-23-24-20-8-4-5-13-22-20/h2-14H,15H2,1H3,(H,22,24)/b23-14-. The maximum Gasteiger partial charge on any atom is 0.337 e. The number of nitrogens with one attached hydrogen (secondary N) is 1. The Hall–Kier alpha value is -3.67. The Morgan fingerprint density at radius 3 is 2.59 bits per heavy atom. The molecule has 0 unspecified atom stereocenters. The summed E-state index contributed by atoms with van der Waals surface area (Å²) in [5, 5.41) is 4.20. The van der Waals surface area contributed by atoms with Gasteiger partial charge in [-0.15, -0.1) is 0 Å². The van der Waals surface area contributed by atoms with E-state index >= 15 is 0 Å². The number of carbonyl (C=O) groups is 1. The van der Waals surface area contributed by atoms with Crippen molar-refractivity contribution in [3.8, 4) is 5.75 Å². The molecule has 0 atom stereocenters. The van der Waals surface area contributed by atoms with Crippen LogP contribution >= 0.6 is 0 Å². The molecule has 6 heteroatoms. The summed E-state index contributed by atoms with van der Waals surface area (Å²) in [4.78, 5) is 15.6. The zero-order valence-electron chi connectivity index (χ0n) is 14.8. The van der Waals surface area contributed by atoms with Gasteiger partial charge >= 0.3 is 5.97 Å². The number of rotatable bonds is 7. The summed E-state index contributed by atoms with van der Waals surface area (Å²) in [7, 11) is 1.36. The molecule has 0 aliphatic carbocycles. The summed E-state index contributed by atoms with van der Waals surface area (Å²) in [5.74, 6) is 1.02. The average molecular weight is 361 g/mol. The summed E-state index contributed by atoms with van der Waals surface area (Å²) < 4.78 is 10.6. The van der Waals surface area contributed by atoms with Crippen molar-refractivity contribution in [1.29, 1.82) is 0 Å². The van der Waals surface area contributed by atoms with E-state index in [-0.39, 0.29) is 5.97 Å². The van der Waals surface area contributed by atoms with Crippen LogP contribution in [0.2, 0.25) is 0 Å². The summed E-state index contributed by atoms with van der Waals surface area (Å²) in [6, 6.07) is 20.3. The number of para-hydroxylation sites is 1. The molecule has 0 fully saturated rings. The predicted molar refractivity (Wildman–Crippen MR) is 104 cm³/mol. The Morgan fingerprint density at radius 2 is 1.85 bits per heavy atom. The highest BCUT2D eigenvalue weighted by Gasteiger charge is 2.05. The van der Waals surface area contributed by atoms with E-state index in [4.69, 9.17) is 9.47 Å². The van der Waals surface area contributed by atoms with Crippen molar-refractivity contribution in [1.82, 2.24) is 4.98 Å². The molecule has 1 N–H and O–H groups in total. The number of anilines is 1. The first-order valence-electron chi connectivity index (χ1n) is 8.35. The quantitative estimate of drug-likeness (QED) is 0.393. The summed E-state index contributed by atoms with van der Waals surface area (Å²) in [6.07, 6.45) is 3.38. The predicted octanol–water partition coefficient (Wildman–Crippen LogP) is 3.89. The number of hydrogen-bond donors (Lipinski definition) is 1. The maximum absolute atomic E-state index is 11.5. The lowest BCUT2D eigenvalue weighted by Crippen LogP contribution is -2.02. The van der Waals surface area contributed by atoms with Crippen LogP contribution < -0.4 is 10.2 Å². The van der Waals surface area contributed by atoms with Crippen molar-refractivity contribution >= 4 is 18.0 Å². The molecule has 0 aliphatic rings. The Balaban J connectivity index is 1.63. The van der Waals surface area contributed by atoms with Crippen LogP contribution in [0.15, 0.2) is 78.0 Å². The second-order valence-corrected chi connectivity index (χ2v) is 5.60. The van der Waals surface area contributed by atoms with Crippen LogP contribution in [0, 0.1) is 0 Å². The molecule has 0 amide bonds. The van der Waals surface area contributed by atoms with Crippen LogP contribution in [0.4, 0.5) is 5.82 Å². The van der Waals surface area contributed by atoms with E-state index in [9.17, 15) is 4.79 Å². The fourth-order valence-corrected chi connectivity index (χ4v) is 2.33. The van der Waals surface area contributed by atoms with Gasteiger partial charge in [-0.05, 0) is 42.0 Å². The highest BCUT2D eigenvalue weighted by Crippen LogP contribution is 2.18. The highest BCUT2D eigenvalue weighted by molar-refractivity contribution is 5.89. The molecular weight excluding hydrogens is 342 g/mol. The van der Waals surface area contributed by atoms with Crippen molar-refractivity contribution in [2.45, 2.75) is 6.61 Å². The van der Waals surface area contributed by atoms with Gasteiger partial charge in [-0.1, -0.05) is 30.3 Å². The van der Waals surface area contributed by atoms with Gasteiger partial charge in [-0.3, -0.25) is 5.43 Å². The van der Waals surface area contributed by atoms with Crippen LogP contribution in [0.25, 0.3) is 0 Å². The van der Waals surface area contributed by atoms with Gasteiger partial charge in [0.15, 0.2) is 0 Å². The minimum atomic E-state index is -0.357. The summed E-state index contributed by atoms with van der Waals surface area (Å²) in [5.41, 5.74) is 5.17. The van der Waals surface area contributed by atoms with E-state index in [2.05, 4.69) is 15.5 Å². The second-order valence-electron chi connectivity index (χ2n) is 5.60. The van der Waals surface area contributed by atoms with Crippen LogP contribution in [0.3, 0.4) is 0 Å². The molecule has 0 saturated carbocycles. The van der Waals surface area contributed by atoms with E-state index in [1.165, 1.54) is 7.11 Å². The van der Waals surface area contributed by atoms with E-state index in [1.807, 2.05) is 54.6 Å². The molecular formula is C21H19N3O3. The molecule has 2 aromatic carbocycles. The fraction of sp³-hybridized carbons (Fsp3) is 0.0952. The molecule has 136 valence electrons. The number of ether oxygens (including phenoxy) is 2. The van der Waals surface area contributed by atoms with Crippen molar-refractivity contribution in [2.24, 2.45) is 5.10 Å². The van der Waals surface area contributed by atoms with E-state index in [0.717, 1.165) is 11.1 Å². The van der Waals surface area contributed by atoms with Gasteiger partial charge in [-0.2, -0.15) is 5.10 Å². The van der Waals surface area contributed by atoms with Crippen LogP contribution in [0.5, 0.6) is 5.75 Å². The molecule has 1 heterocycles. The van der Waals surface area contributed by atoms with Gasteiger partial charge in [0.1, 0.15) is 18.2 Å². The molecule has 3 rings (SSSR count). The van der Waals surface area contributed by atoms with Gasteiger partial charge in [0.25, 0.3) is 0 Å². The molecule has 0 spiro atoms. The fourth-order valence-electron chi connectivity index (χ4n) is 2.33. The average Bonchev–Trinajstić information content (AvgIpc) is 2.73. The highest BCUT2D eigenvalue weighted by atomic mass is 16.5. The molecule has 3 aromatic rings. The molecule has 0 bridgehead atoms. The van der Waals surface area contributed by atoms with Crippen molar-refractivity contribution in [2.75, 3.05) is 12.5 Å². The van der Waals surface area contributed by atoms with Crippen molar-refractivity contribution in [3.05, 3.63) is 89.6 Å². The van der Waals surface area contributed by atoms with Gasteiger partial charge < -0.3 is 9.47 Å². The maximum atomic E-state index is 11.5. The zero-order chi connectivity index (χ0) is 18.9. The Bertz CT molecular complexity index is 909. The van der Waals surface area contributed by atoms with Gasteiger partial charge in [0, 0.05) is 11.8 Å². The number of esters is 1. The van der Waals surface area contributed by atoms with E-state index in [0.29, 0.717) is 23.7 Å². The first kappa shape index (κ1) is 18.1. The number of benzene rings is 2. The minimum Gasteiger partial charge on any atom is -0.488 e. The van der Waals surface area contributed by atoms with Crippen LogP contribution in [-0.4, -0.2) is 24.3 Å². The SMILES string of the molecule is COC(=O)c1ccc(COc2ccccc2/C=N\Nc2ccccn2)cc1. The number of methoxy groups -OCH3 is 1. The molecule has 27 heavy (non-hydrogen) atoms. The largest absolute Gasteiger partial charge is 0.488 e. The third-order valence-electron chi connectivity index (χ3n) is 3.74. The van der Waals surface area contributed by atoms with Crippen LogP contribution in [-0.2, 0) is 11.3 Å². The van der Waals surface area contributed by atoms with Gasteiger partial charge in [-0.25, -0.2) is 9.78 Å². The number of hydrazone groups is 1. The first-order chi connectivity index (χ1) is 13.3. The zero-order valence-corrected chi connectivity index (χ0v) is 14.8. The number of carbonyl (C=O) groups excluding carboxylic acids is 1. The van der Waals surface area contributed by atoms with Crippen molar-refractivity contribution in [3.63, 3.8) is 0 Å². The number of hydrogen-bond acceptors (Lipinski definition) is 6. The number of pyridine rings is 1. The molecule has 0 radical (unpaired) electrons. The number of nitrogens with zero attached hydrogens (tertiary/aromatic N) is 2. The third-order valence-corrected chi connectivity index (χ3v) is 3.74. The molecule has 1 aromatic heterocycles. The first-order valence-corrected chi connectivity index (χ1v) is 8.35. The lowest BCUT2D eigenvalue weighted by molar-refractivity contribution is 0.0600. The normalized spacial score (nSPS) is 10.6. The van der Waals surface area contributed by atoms with E-state index in [1.54, 1.807) is 24.5 Å². The molecule has 0 aliphatic heterocycles. The third kappa shape index (κ3) is 5.15. The van der Waals surface area contributed by atoms with Gasteiger partial charge in [0.2, 0.25) is 0 Å². The molecule has 0 saturated heterocycles. The van der Waals surface area contributed by atoms with Gasteiger partial charge in [0.05, 0.1) is 18.9 Å². The number of aromatic nitrogens is 1.